The lowest BCUT2D eigenvalue weighted by molar-refractivity contribution is -0.130. The monoisotopic (exact) mass is 437 g/mol. The third-order valence-electron chi connectivity index (χ3n) is 3.96. The third-order valence-corrected chi connectivity index (χ3v) is 4.49. The molecule has 0 aliphatic carbocycles. The minimum atomic E-state index is -0.580. The van der Waals surface area contributed by atoms with E-state index in [4.69, 9.17) is 27.9 Å². The topological polar surface area (TPSA) is 96.5 Å². The van der Waals surface area contributed by atoms with E-state index in [0.29, 0.717) is 16.5 Å². The number of hydrogen-bond donors (Lipinski definition) is 3. The smallest absolute Gasteiger partial charge is 0.276 e. The number of amides is 3. The van der Waals surface area contributed by atoms with Crippen LogP contribution in [0.4, 0.5) is 5.69 Å². The Bertz CT molecular complexity index is 919. The molecule has 0 heterocycles. The molecule has 154 valence electrons. The van der Waals surface area contributed by atoms with E-state index >= 15 is 0 Å². The van der Waals surface area contributed by atoms with Gasteiger partial charge in [0.2, 0.25) is 11.8 Å². The molecule has 3 N–H and O–H groups in total. The molecule has 0 saturated carbocycles. The van der Waals surface area contributed by atoms with Gasteiger partial charge in [-0.05, 0) is 55.3 Å². The van der Waals surface area contributed by atoms with Crippen molar-refractivity contribution in [3.8, 4) is 5.75 Å². The van der Waals surface area contributed by atoms with Crippen LogP contribution < -0.4 is 20.9 Å². The maximum absolute atomic E-state index is 11.9. The third kappa shape index (κ3) is 7.63. The van der Waals surface area contributed by atoms with Crippen LogP contribution in [0.3, 0.4) is 0 Å². The van der Waals surface area contributed by atoms with Crippen molar-refractivity contribution in [1.29, 1.82) is 0 Å². The first kappa shape index (κ1) is 22.5. The summed E-state index contributed by atoms with van der Waals surface area (Å²) in [6, 6.07) is 10.2. The summed E-state index contributed by atoms with van der Waals surface area (Å²) < 4.78 is 5.25. The first-order chi connectivity index (χ1) is 13.7. The largest absolute Gasteiger partial charge is 0.482 e. The van der Waals surface area contributed by atoms with Gasteiger partial charge in [-0.3, -0.25) is 25.2 Å². The Morgan fingerprint density at radius 1 is 0.862 bits per heavy atom. The van der Waals surface area contributed by atoms with Crippen molar-refractivity contribution in [2.75, 3.05) is 11.9 Å². The molecule has 0 fully saturated rings. The molecular formula is C20H21Cl2N3O4. The summed E-state index contributed by atoms with van der Waals surface area (Å²) in [4.78, 5) is 35.5. The Morgan fingerprint density at radius 3 is 2.24 bits per heavy atom. The number of ether oxygens (including phenoxy) is 1. The van der Waals surface area contributed by atoms with Gasteiger partial charge < -0.3 is 10.1 Å². The van der Waals surface area contributed by atoms with Gasteiger partial charge >= 0.3 is 0 Å². The molecule has 0 radical (unpaired) electrons. The molecule has 7 nitrogen and oxygen atoms in total. The highest BCUT2D eigenvalue weighted by Crippen LogP contribution is 2.27. The highest BCUT2D eigenvalue weighted by atomic mass is 35.5. The second kappa shape index (κ2) is 10.7. The van der Waals surface area contributed by atoms with Crippen molar-refractivity contribution in [2.45, 2.75) is 26.7 Å². The van der Waals surface area contributed by atoms with E-state index in [1.165, 1.54) is 12.1 Å². The van der Waals surface area contributed by atoms with Crippen LogP contribution in [0.1, 0.15) is 24.0 Å². The molecule has 2 aromatic carbocycles. The Morgan fingerprint density at radius 2 is 1.55 bits per heavy atom. The Labute approximate surface area is 178 Å². The molecule has 0 unspecified atom stereocenters. The highest BCUT2D eigenvalue weighted by Gasteiger charge is 2.10. The molecular weight excluding hydrogens is 417 g/mol. The fourth-order valence-electron chi connectivity index (χ4n) is 2.24. The summed E-state index contributed by atoms with van der Waals surface area (Å²) in [6.45, 7) is 3.58. The molecule has 2 rings (SSSR count). The first-order valence-electron chi connectivity index (χ1n) is 8.77. The van der Waals surface area contributed by atoms with Crippen LogP contribution in [0.5, 0.6) is 5.75 Å². The fourth-order valence-corrected chi connectivity index (χ4v) is 2.71. The number of hydrazine groups is 1. The quantitative estimate of drug-likeness (QED) is 0.576. The summed E-state index contributed by atoms with van der Waals surface area (Å²) in [5.74, 6) is -1.09. The van der Waals surface area contributed by atoms with Crippen LogP contribution in [0.25, 0.3) is 0 Å². The number of rotatable bonds is 7. The van der Waals surface area contributed by atoms with Crippen molar-refractivity contribution < 1.29 is 19.1 Å². The van der Waals surface area contributed by atoms with Gasteiger partial charge in [0, 0.05) is 23.6 Å². The van der Waals surface area contributed by atoms with Gasteiger partial charge in [0.25, 0.3) is 5.91 Å². The zero-order valence-corrected chi connectivity index (χ0v) is 17.5. The zero-order chi connectivity index (χ0) is 21.4. The molecule has 0 atom stereocenters. The standard InChI is InChI=1S/C20H21Cl2N3O4/c1-12-3-5-15(9-13(12)2)23-18(26)7-8-19(27)24-25-20(28)11-29-17-6-4-14(21)10-16(17)22/h3-6,9-10H,7-8,11H2,1-2H3,(H,23,26)(H,24,27)(H,25,28). The Hall–Kier alpha value is -2.77. The van der Waals surface area contributed by atoms with Crippen molar-refractivity contribution in [3.63, 3.8) is 0 Å². The average Bonchev–Trinajstić information content (AvgIpc) is 2.67. The predicted octanol–water partition coefficient (Wildman–Crippen LogP) is 3.56. The van der Waals surface area contributed by atoms with Gasteiger partial charge in [-0.25, -0.2) is 0 Å². The number of carbonyl (C=O) groups is 3. The van der Waals surface area contributed by atoms with Gasteiger partial charge in [0.1, 0.15) is 5.75 Å². The van der Waals surface area contributed by atoms with Crippen molar-refractivity contribution in [1.82, 2.24) is 10.9 Å². The van der Waals surface area contributed by atoms with Crippen LogP contribution in [-0.4, -0.2) is 24.3 Å². The number of aryl methyl sites for hydroxylation is 2. The van der Waals surface area contributed by atoms with Crippen LogP contribution >= 0.6 is 23.2 Å². The van der Waals surface area contributed by atoms with E-state index in [-0.39, 0.29) is 30.4 Å². The number of carbonyl (C=O) groups excluding carboxylic acids is 3. The lowest BCUT2D eigenvalue weighted by Crippen LogP contribution is -2.44. The SMILES string of the molecule is Cc1ccc(NC(=O)CCC(=O)NNC(=O)COc2ccc(Cl)cc2Cl)cc1C. The second-order valence-corrected chi connectivity index (χ2v) is 7.15. The molecule has 0 aliphatic heterocycles. The van der Waals surface area contributed by atoms with Crippen LogP contribution in [0.15, 0.2) is 36.4 Å². The summed E-state index contributed by atoms with van der Waals surface area (Å²) in [6.07, 6.45) is -0.105. The maximum atomic E-state index is 11.9. The maximum Gasteiger partial charge on any atom is 0.276 e. The number of nitrogens with one attached hydrogen (secondary N) is 3. The molecule has 0 bridgehead atoms. The van der Waals surface area contributed by atoms with Crippen LogP contribution in [0, 0.1) is 13.8 Å². The predicted molar refractivity (Wildman–Crippen MR) is 112 cm³/mol. The minimum absolute atomic E-state index is 0.0223. The van der Waals surface area contributed by atoms with Gasteiger partial charge in [-0.2, -0.15) is 0 Å². The minimum Gasteiger partial charge on any atom is -0.482 e. The summed E-state index contributed by atoms with van der Waals surface area (Å²) in [7, 11) is 0. The number of benzene rings is 2. The van der Waals surface area contributed by atoms with Gasteiger partial charge in [0.05, 0.1) is 5.02 Å². The highest BCUT2D eigenvalue weighted by molar-refractivity contribution is 6.35. The van der Waals surface area contributed by atoms with Crippen molar-refractivity contribution in [3.05, 3.63) is 57.6 Å². The van der Waals surface area contributed by atoms with Gasteiger partial charge in [-0.1, -0.05) is 29.3 Å². The molecule has 9 heteroatoms. The summed E-state index contributed by atoms with van der Waals surface area (Å²) >= 11 is 11.7. The van der Waals surface area contributed by atoms with Crippen molar-refractivity contribution >= 4 is 46.6 Å². The Kier molecular flexibility index (Phi) is 8.30. The molecule has 0 aliphatic rings. The van der Waals surface area contributed by atoms with E-state index in [1.807, 2.05) is 26.0 Å². The molecule has 0 spiro atoms. The average molecular weight is 438 g/mol. The van der Waals surface area contributed by atoms with E-state index < -0.39 is 11.8 Å². The van der Waals surface area contributed by atoms with Gasteiger partial charge in [0.15, 0.2) is 6.61 Å². The molecule has 2 aromatic rings. The summed E-state index contributed by atoms with van der Waals surface area (Å²) in [5, 5.41) is 3.44. The van der Waals surface area contributed by atoms with E-state index in [9.17, 15) is 14.4 Å². The number of anilines is 1. The molecule has 3 amide bonds. The van der Waals surface area contributed by atoms with Crippen LogP contribution in [-0.2, 0) is 14.4 Å². The molecule has 29 heavy (non-hydrogen) atoms. The fraction of sp³-hybridized carbons (Fsp3) is 0.250. The zero-order valence-electron chi connectivity index (χ0n) is 16.0. The van der Waals surface area contributed by atoms with E-state index in [0.717, 1.165) is 11.1 Å². The number of hydrogen-bond acceptors (Lipinski definition) is 4. The normalized spacial score (nSPS) is 10.2. The van der Waals surface area contributed by atoms with E-state index in [2.05, 4.69) is 16.2 Å². The Balaban J connectivity index is 1.67. The number of halogens is 2. The first-order valence-corrected chi connectivity index (χ1v) is 9.53. The van der Waals surface area contributed by atoms with Crippen LogP contribution in [0.2, 0.25) is 10.0 Å². The lowest BCUT2D eigenvalue weighted by atomic mass is 10.1. The van der Waals surface area contributed by atoms with E-state index in [1.54, 1.807) is 12.1 Å². The molecule has 0 aromatic heterocycles. The van der Waals surface area contributed by atoms with Gasteiger partial charge in [-0.15, -0.1) is 0 Å². The van der Waals surface area contributed by atoms with Crippen molar-refractivity contribution in [2.24, 2.45) is 0 Å². The molecule has 0 saturated heterocycles. The summed E-state index contributed by atoms with van der Waals surface area (Å²) in [5.41, 5.74) is 7.29. The second-order valence-electron chi connectivity index (χ2n) is 6.31. The lowest BCUT2D eigenvalue weighted by Gasteiger charge is -2.10.